The molecule has 0 radical (unpaired) electrons. The van der Waals surface area contributed by atoms with E-state index in [2.05, 4.69) is 33.1 Å². The van der Waals surface area contributed by atoms with Crippen molar-refractivity contribution in [2.75, 3.05) is 7.11 Å². The highest BCUT2D eigenvalue weighted by molar-refractivity contribution is 9.11. The third kappa shape index (κ3) is 8.25. The molecule has 2 N–H and O–H groups in total. The summed E-state index contributed by atoms with van der Waals surface area (Å²) in [5, 5.41) is 5.13. The van der Waals surface area contributed by atoms with Crippen LogP contribution in [0.5, 0.6) is 0 Å². The van der Waals surface area contributed by atoms with E-state index in [0.29, 0.717) is 4.48 Å². The van der Waals surface area contributed by atoms with Crippen molar-refractivity contribution in [3.63, 3.8) is 0 Å². The predicted octanol–water partition coefficient (Wildman–Crippen LogP) is 2.89. The summed E-state index contributed by atoms with van der Waals surface area (Å²) in [6.07, 6.45) is -0.547. The van der Waals surface area contributed by atoms with E-state index in [1.165, 1.54) is 7.11 Å². The average molecular weight is 441 g/mol. The third-order valence-electron chi connectivity index (χ3n) is 3.66. The van der Waals surface area contributed by atoms with E-state index in [0.717, 1.165) is 5.56 Å². The van der Waals surface area contributed by atoms with Gasteiger partial charge in [0.05, 0.1) is 7.11 Å². The molecule has 7 nitrogen and oxygen atoms in total. The van der Waals surface area contributed by atoms with Gasteiger partial charge in [-0.3, -0.25) is 4.79 Å². The minimum Gasteiger partial charge on any atom is -0.467 e. The molecule has 27 heavy (non-hydrogen) atoms. The number of alkyl carbamates (subject to hydrolysis) is 1. The minimum absolute atomic E-state index is 0.0906. The van der Waals surface area contributed by atoms with E-state index in [4.69, 9.17) is 9.47 Å². The Hall–Kier alpha value is -2.35. The lowest BCUT2D eigenvalue weighted by atomic mass is 10.0. The summed E-state index contributed by atoms with van der Waals surface area (Å²) in [7, 11) is 1.23. The van der Waals surface area contributed by atoms with E-state index < -0.39 is 30.1 Å². The lowest BCUT2D eigenvalue weighted by Gasteiger charge is -2.24. The zero-order chi connectivity index (χ0) is 20.4. The summed E-state index contributed by atoms with van der Waals surface area (Å²) in [6, 6.07) is 7.42. The number of hydrogen-bond acceptors (Lipinski definition) is 5. The highest BCUT2D eigenvalue weighted by Crippen LogP contribution is 2.12. The smallest absolute Gasteiger partial charge is 0.408 e. The van der Waals surface area contributed by atoms with Gasteiger partial charge in [0.25, 0.3) is 0 Å². The average Bonchev–Trinajstić information content (AvgIpc) is 2.63. The molecular weight excluding hydrogens is 416 g/mol. The Labute approximate surface area is 167 Å². The maximum Gasteiger partial charge on any atom is 0.408 e. The zero-order valence-corrected chi connectivity index (χ0v) is 17.2. The lowest BCUT2D eigenvalue weighted by Crippen LogP contribution is -2.53. The Morgan fingerprint density at radius 2 is 1.78 bits per heavy atom. The number of hydrogen-bond donors (Lipinski definition) is 2. The molecule has 1 rings (SSSR count). The third-order valence-corrected chi connectivity index (χ3v) is 3.99. The highest BCUT2D eigenvalue weighted by Gasteiger charge is 2.29. The Kier molecular flexibility index (Phi) is 9.56. The number of ether oxygens (including phenoxy) is 2. The first-order chi connectivity index (χ1) is 12.7. The molecule has 0 saturated heterocycles. The van der Waals surface area contributed by atoms with Crippen molar-refractivity contribution in [3.05, 3.63) is 47.0 Å². The first-order valence-electron chi connectivity index (χ1n) is 8.43. The fourth-order valence-electron chi connectivity index (χ4n) is 2.25. The van der Waals surface area contributed by atoms with Gasteiger partial charge in [0.1, 0.15) is 18.7 Å². The van der Waals surface area contributed by atoms with Crippen molar-refractivity contribution in [2.24, 2.45) is 5.92 Å². The molecule has 148 valence electrons. The van der Waals surface area contributed by atoms with Crippen LogP contribution in [0.25, 0.3) is 0 Å². The van der Waals surface area contributed by atoms with E-state index in [1.54, 1.807) is 13.8 Å². The summed E-state index contributed by atoms with van der Waals surface area (Å²) in [5.41, 5.74) is 0.833. The predicted molar refractivity (Wildman–Crippen MR) is 105 cm³/mol. The number of esters is 1. The quantitative estimate of drug-likeness (QED) is 0.575. The first-order valence-corrected chi connectivity index (χ1v) is 9.22. The maximum atomic E-state index is 12.6. The topological polar surface area (TPSA) is 93.7 Å². The van der Waals surface area contributed by atoms with E-state index in [9.17, 15) is 14.4 Å². The summed E-state index contributed by atoms with van der Waals surface area (Å²) in [6.45, 7) is 7.31. The number of amides is 2. The molecule has 0 fully saturated rings. The summed E-state index contributed by atoms with van der Waals surface area (Å²) >= 11 is 3.17. The van der Waals surface area contributed by atoms with E-state index >= 15 is 0 Å². The van der Waals surface area contributed by atoms with Crippen LogP contribution in [0, 0.1) is 5.92 Å². The van der Waals surface area contributed by atoms with Gasteiger partial charge in [-0.25, -0.2) is 9.59 Å². The molecule has 0 unspecified atom stereocenters. The van der Waals surface area contributed by atoms with Crippen molar-refractivity contribution in [1.29, 1.82) is 0 Å². The number of carbonyl (C=O) groups excluding carboxylic acids is 3. The van der Waals surface area contributed by atoms with Gasteiger partial charge < -0.3 is 20.1 Å². The van der Waals surface area contributed by atoms with Crippen molar-refractivity contribution in [3.8, 4) is 0 Å². The number of methoxy groups -OCH3 is 1. The Morgan fingerprint density at radius 3 is 2.30 bits per heavy atom. The highest BCUT2D eigenvalue weighted by atomic mass is 79.9. The monoisotopic (exact) mass is 440 g/mol. The summed E-state index contributed by atoms with van der Waals surface area (Å²) in [5.74, 6) is -1.33. The Balaban J connectivity index is 2.69. The van der Waals surface area contributed by atoms with Crippen LogP contribution in [0.2, 0.25) is 0 Å². The zero-order valence-electron chi connectivity index (χ0n) is 15.7. The molecule has 2 amide bonds. The van der Waals surface area contributed by atoms with Crippen molar-refractivity contribution in [1.82, 2.24) is 10.6 Å². The first kappa shape index (κ1) is 22.7. The standard InChI is InChI=1S/C19H25BrN2O5/c1-12(2)16(17(23)21-15(10-13(3)20)18(24)26-4)22-19(25)27-11-14-8-6-5-7-9-14/h5-9,12,15-16H,3,10-11H2,1-2,4H3,(H,21,23)(H,22,25)/t15-,16-/m1/s1. The lowest BCUT2D eigenvalue weighted by molar-refractivity contribution is -0.145. The van der Waals surface area contributed by atoms with Crippen LogP contribution in [0.4, 0.5) is 4.79 Å². The van der Waals surface area contributed by atoms with Gasteiger partial charge in [-0.2, -0.15) is 0 Å². The number of carbonyl (C=O) groups is 3. The molecule has 0 saturated carbocycles. The Morgan fingerprint density at radius 1 is 1.15 bits per heavy atom. The van der Waals surface area contributed by atoms with Gasteiger partial charge in [0.2, 0.25) is 5.91 Å². The van der Waals surface area contributed by atoms with Crippen molar-refractivity contribution >= 4 is 33.9 Å². The van der Waals surface area contributed by atoms with Crippen LogP contribution in [0.15, 0.2) is 41.4 Å². The van der Waals surface area contributed by atoms with Crippen LogP contribution in [-0.4, -0.2) is 37.2 Å². The molecule has 0 aliphatic carbocycles. The largest absolute Gasteiger partial charge is 0.467 e. The molecule has 1 aromatic rings. The number of rotatable bonds is 9. The van der Waals surface area contributed by atoms with Crippen LogP contribution in [0.1, 0.15) is 25.8 Å². The molecule has 1 aromatic carbocycles. The number of nitrogens with one attached hydrogen (secondary N) is 2. The maximum absolute atomic E-state index is 12.6. The van der Waals surface area contributed by atoms with Gasteiger partial charge >= 0.3 is 12.1 Å². The molecule has 0 heterocycles. The second-order valence-electron chi connectivity index (χ2n) is 6.23. The molecule has 0 spiro atoms. The van der Waals surface area contributed by atoms with Gasteiger partial charge in [0, 0.05) is 6.42 Å². The van der Waals surface area contributed by atoms with Gasteiger partial charge in [-0.05, 0) is 16.0 Å². The molecular formula is C19H25BrN2O5. The van der Waals surface area contributed by atoms with Gasteiger partial charge in [-0.15, -0.1) is 0 Å². The van der Waals surface area contributed by atoms with Gasteiger partial charge in [0.15, 0.2) is 0 Å². The van der Waals surface area contributed by atoms with Crippen LogP contribution in [-0.2, 0) is 25.7 Å². The number of halogens is 1. The summed E-state index contributed by atoms with van der Waals surface area (Å²) < 4.78 is 10.4. The molecule has 2 atom stereocenters. The SMILES string of the molecule is C=C(Br)C[C@@H](NC(=O)[C@H](NC(=O)OCc1ccccc1)C(C)C)C(=O)OC. The van der Waals surface area contributed by atoms with Crippen molar-refractivity contribution < 1.29 is 23.9 Å². The minimum atomic E-state index is -0.905. The van der Waals surface area contributed by atoms with Crippen LogP contribution < -0.4 is 10.6 Å². The molecule has 8 heteroatoms. The van der Waals surface area contributed by atoms with Gasteiger partial charge in [-0.1, -0.05) is 66.7 Å². The van der Waals surface area contributed by atoms with Crippen LogP contribution in [0.3, 0.4) is 0 Å². The normalized spacial score (nSPS) is 12.6. The van der Waals surface area contributed by atoms with Crippen LogP contribution >= 0.6 is 15.9 Å². The van der Waals surface area contributed by atoms with E-state index in [-0.39, 0.29) is 18.9 Å². The van der Waals surface area contributed by atoms with E-state index in [1.807, 2.05) is 30.3 Å². The molecule has 0 aliphatic rings. The summed E-state index contributed by atoms with van der Waals surface area (Å²) in [4.78, 5) is 36.5. The number of benzene rings is 1. The molecule has 0 bridgehead atoms. The second-order valence-corrected chi connectivity index (χ2v) is 7.35. The fraction of sp³-hybridized carbons (Fsp3) is 0.421. The fourth-order valence-corrected chi connectivity index (χ4v) is 2.57. The Bertz CT molecular complexity index is 663. The second kappa shape index (κ2) is 11.4. The van der Waals surface area contributed by atoms with Crippen molar-refractivity contribution in [2.45, 2.75) is 39.0 Å². The molecule has 0 aliphatic heterocycles. The molecule has 0 aromatic heterocycles.